The monoisotopic (exact) mass is 550 g/mol. The number of hydrogen-bond donors (Lipinski definition) is 2. The fourth-order valence-corrected chi connectivity index (χ4v) is 3.94. The Hall–Kier alpha value is -3.07. The topological polar surface area (TPSA) is 94.0 Å². The van der Waals surface area contributed by atoms with Crippen LogP contribution in [0.4, 0.5) is 32.2 Å². The molecule has 0 atom stereocenters. The number of amides is 1. The molecule has 3 aromatic rings. The zero-order valence-corrected chi connectivity index (χ0v) is 20.8. The molecule has 8 nitrogen and oxygen atoms in total. The number of halogens is 6. The van der Waals surface area contributed by atoms with Crippen LogP contribution in [0.25, 0.3) is 11.0 Å². The first kappa shape index (κ1) is 28.5. The molecule has 0 aliphatic heterocycles. The van der Waals surface area contributed by atoms with E-state index >= 15 is 0 Å². The highest BCUT2D eigenvalue weighted by molar-refractivity contribution is 7.99. The molecule has 1 aromatic carbocycles. The molecule has 2 N–H and O–H groups in total. The molecule has 3 rings (SSSR count). The number of fused-ring (bicyclic) bond motifs is 1. The van der Waals surface area contributed by atoms with Crippen LogP contribution < -0.4 is 10.6 Å². The number of aromatic nitrogens is 4. The largest absolute Gasteiger partial charge is 0.416 e. The number of ether oxygens (including phenoxy) is 1. The van der Waals surface area contributed by atoms with Crippen molar-refractivity contribution in [2.75, 3.05) is 32.1 Å². The Balaban J connectivity index is 1.80. The normalized spacial score (nSPS) is 12.4. The SMILES string of the molecule is COCCNc1nc(SC(C)C)nc2c1cnn2CCNC(=O)c1cc(C(F)(F)F)cc(C(F)(F)F)c1. The number of alkyl halides is 6. The van der Waals surface area contributed by atoms with Gasteiger partial charge >= 0.3 is 12.4 Å². The van der Waals surface area contributed by atoms with E-state index in [2.05, 4.69) is 25.7 Å². The molecule has 0 saturated carbocycles. The van der Waals surface area contributed by atoms with Gasteiger partial charge in [0.05, 0.1) is 35.9 Å². The predicted molar refractivity (Wildman–Crippen MR) is 125 cm³/mol. The molecule has 0 aliphatic carbocycles. The Bertz CT molecular complexity index is 1210. The van der Waals surface area contributed by atoms with Crippen molar-refractivity contribution in [3.8, 4) is 0 Å². The van der Waals surface area contributed by atoms with E-state index in [0.717, 1.165) is 0 Å². The quantitative estimate of drug-likeness (QED) is 0.161. The number of anilines is 1. The highest BCUT2D eigenvalue weighted by Gasteiger charge is 2.37. The average molecular weight is 551 g/mol. The second-order valence-electron chi connectivity index (χ2n) is 8.10. The summed E-state index contributed by atoms with van der Waals surface area (Å²) < 4.78 is 85.1. The van der Waals surface area contributed by atoms with Crippen molar-refractivity contribution in [1.82, 2.24) is 25.1 Å². The van der Waals surface area contributed by atoms with Crippen LogP contribution in [0.1, 0.15) is 35.3 Å². The highest BCUT2D eigenvalue weighted by atomic mass is 32.2. The van der Waals surface area contributed by atoms with E-state index in [1.165, 1.54) is 22.6 Å². The summed E-state index contributed by atoms with van der Waals surface area (Å²) in [6, 6.07) is 0.736. The number of thioether (sulfide) groups is 1. The molecule has 1 amide bonds. The Morgan fingerprint density at radius 2 is 1.70 bits per heavy atom. The maximum absolute atomic E-state index is 13.1. The van der Waals surface area contributed by atoms with Gasteiger partial charge in [-0.3, -0.25) is 4.79 Å². The Morgan fingerprint density at radius 1 is 1.05 bits per heavy atom. The second kappa shape index (κ2) is 11.5. The number of hydrogen-bond acceptors (Lipinski definition) is 7. The standard InChI is InChI=1S/C22H24F6N6O2S/c1-12(2)37-20-32-17(29-5-7-36-3)16-11-31-34(18(16)33-20)6-4-30-19(35)13-8-14(21(23,24)25)10-15(9-13)22(26,27)28/h8-12H,4-7H2,1-3H3,(H,30,35)(H,29,32,33). The van der Waals surface area contributed by atoms with Crippen LogP contribution >= 0.6 is 11.8 Å². The Labute approximate surface area is 212 Å². The van der Waals surface area contributed by atoms with Crippen LogP contribution in [-0.4, -0.2) is 57.7 Å². The van der Waals surface area contributed by atoms with Crippen molar-refractivity contribution in [1.29, 1.82) is 0 Å². The van der Waals surface area contributed by atoms with Crippen LogP contribution in [0.3, 0.4) is 0 Å². The summed E-state index contributed by atoms with van der Waals surface area (Å²) in [5.41, 5.74) is -3.43. The van der Waals surface area contributed by atoms with Crippen LogP contribution in [0.2, 0.25) is 0 Å². The van der Waals surface area contributed by atoms with E-state index in [-0.39, 0.29) is 24.4 Å². The fraction of sp³-hybridized carbons (Fsp3) is 0.455. The molecular formula is C22H24F6N6O2S. The van der Waals surface area contributed by atoms with E-state index in [0.29, 0.717) is 47.3 Å². The van der Waals surface area contributed by atoms with Crippen LogP contribution in [0, 0.1) is 0 Å². The number of carbonyl (C=O) groups is 1. The van der Waals surface area contributed by atoms with Gasteiger partial charge in [-0.2, -0.15) is 31.4 Å². The zero-order valence-electron chi connectivity index (χ0n) is 20.0. The van der Waals surface area contributed by atoms with Gasteiger partial charge in [-0.25, -0.2) is 14.6 Å². The van der Waals surface area contributed by atoms with Crippen molar-refractivity contribution in [3.63, 3.8) is 0 Å². The smallest absolute Gasteiger partial charge is 0.383 e. The molecule has 0 saturated heterocycles. The van der Waals surface area contributed by atoms with E-state index in [9.17, 15) is 31.1 Å². The summed E-state index contributed by atoms with van der Waals surface area (Å²) in [7, 11) is 1.56. The van der Waals surface area contributed by atoms with Crippen molar-refractivity contribution in [2.24, 2.45) is 0 Å². The van der Waals surface area contributed by atoms with Crippen molar-refractivity contribution in [2.45, 2.75) is 43.2 Å². The summed E-state index contributed by atoms with van der Waals surface area (Å²) >= 11 is 1.42. The lowest BCUT2D eigenvalue weighted by molar-refractivity contribution is -0.143. The number of benzene rings is 1. The number of rotatable bonds is 10. The van der Waals surface area contributed by atoms with E-state index in [1.807, 2.05) is 13.8 Å². The average Bonchev–Trinajstić information content (AvgIpc) is 3.20. The highest BCUT2D eigenvalue weighted by Crippen LogP contribution is 2.36. The molecule has 15 heteroatoms. The molecule has 2 heterocycles. The molecule has 0 spiro atoms. The van der Waals surface area contributed by atoms with Gasteiger partial charge < -0.3 is 15.4 Å². The first-order chi connectivity index (χ1) is 17.3. The fourth-order valence-electron chi connectivity index (χ4n) is 3.23. The van der Waals surface area contributed by atoms with Gasteiger partial charge in [0.1, 0.15) is 5.82 Å². The molecular weight excluding hydrogens is 526 g/mol. The molecule has 2 aromatic heterocycles. The molecule has 0 bridgehead atoms. The van der Waals surface area contributed by atoms with Gasteiger partial charge in [-0.1, -0.05) is 25.6 Å². The third-order valence-corrected chi connectivity index (χ3v) is 5.74. The van der Waals surface area contributed by atoms with Gasteiger partial charge in [-0.15, -0.1) is 0 Å². The van der Waals surface area contributed by atoms with Crippen LogP contribution in [-0.2, 0) is 23.6 Å². The number of methoxy groups -OCH3 is 1. The lowest BCUT2D eigenvalue weighted by Gasteiger charge is -2.14. The van der Waals surface area contributed by atoms with Gasteiger partial charge in [0.2, 0.25) is 0 Å². The third-order valence-electron chi connectivity index (χ3n) is 4.87. The molecule has 0 radical (unpaired) electrons. The second-order valence-corrected chi connectivity index (χ2v) is 9.64. The van der Waals surface area contributed by atoms with Gasteiger partial charge in [0, 0.05) is 31.0 Å². The number of nitrogens with one attached hydrogen (secondary N) is 2. The summed E-state index contributed by atoms with van der Waals surface area (Å²) in [6.45, 7) is 4.79. The molecule has 37 heavy (non-hydrogen) atoms. The van der Waals surface area contributed by atoms with Crippen molar-refractivity contribution >= 4 is 34.5 Å². The molecule has 0 unspecified atom stereocenters. The zero-order chi connectivity index (χ0) is 27.4. The number of carbonyl (C=O) groups excluding carboxylic acids is 1. The molecule has 202 valence electrons. The van der Waals surface area contributed by atoms with Crippen molar-refractivity contribution in [3.05, 3.63) is 41.1 Å². The maximum atomic E-state index is 13.1. The van der Waals surface area contributed by atoms with Gasteiger partial charge in [-0.05, 0) is 18.2 Å². The Morgan fingerprint density at radius 3 is 2.27 bits per heavy atom. The first-order valence-corrected chi connectivity index (χ1v) is 11.9. The van der Waals surface area contributed by atoms with Crippen LogP contribution in [0.5, 0.6) is 0 Å². The minimum absolute atomic E-state index is 0.0304. The van der Waals surface area contributed by atoms with Crippen LogP contribution in [0.15, 0.2) is 29.6 Å². The van der Waals surface area contributed by atoms with E-state index in [1.54, 1.807) is 7.11 Å². The summed E-state index contributed by atoms with van der Waals surface area (Å²) in [5.74, 6) is -0.551. The lowest BCUT2D eigenvalue weighted by Crippen LogP contribution is -2.28. The molecule has 0 fully saturated rings. The molecule has 0 aliphatic rings. The van der Waals surface area contributed by atoms with Gasteiger partial charge in [0.15, 0.2) is 10.8 Å². The third kappa shape index (κ3) is 7.47. The summed E-state index contributed by atoms with van der Waals surface area (Å²) in [6.07, 6.45) is -8.58. The number of nitrogens with zero attached hydrogens (tertiary/aromatic N) is 4. The van der Waals surface area contributed by atoms with Crippen molar-refractivity contribution < 1.29 is 35.9 Å². The maximum Gasteiger partial charge on any atom is 0.416 e. The minimum Gasteiger partial charge on any atom is -0.383 e. The predicted octanol–water partition coefficient (Wildman–Crippen LogP) is 4.85. The minimum atomic E-state index is -5.05. The summed E-state index contributed by atoms with van der Waals surface area (Å²) in [4.78, 5) is 21.5. The summed E-state index contributed by atoms with van der Waals surface area (Å²) in [5, 5.41) is 11.0. The Kier molecular flexibility index (Phi) is 8.89. The lowest BCUT2D eigenvalue weighted by atomic mass is 10.0. The first-order valence-electron chi connectivity index (χ1n) is 11.0. The van der Waals surface area contributed by atoms with E-state index < -0.39 is 35.0 Å². The van der Waals surface area contributed by atoms with Gasteiger partial charge in [0.25, 0.3) is 5.91 Å². The van der Waals surface area contributed by atoms with E-state index in [4.69, 9.17) is 4.74 Å².